The normalized spacial score (nSPS) is 25.9. The summed E-state index contributed by atoms with van der Waals surface area (Å²) in [7, 11) is 0. The van der Waals surface area contributed by atoms with Crippen LogP contribution in [0.25, 0.3) is 0 Å². The zero-order valence-electron chi connectivity index (χ0n) is 9.41. The first kappa shape index (κ1) is 10.4. The molecule has 2 heteroatoms. The van der Waals surface area contributed by atoms with Gasteiger partial charge in [0.05, 0.1) is 0 Å². The van der Waals surface area contributed by atoms with Crippen molar-refractivity contribution in [2.75, 3.05) is 13.1 Å². The molecular weight excluding hydrogens is 172 g/mol. The molecule has 2 rings (SSSR count). The molecule has 2 nitrogen and oxygen atoms in total. The van der Waals surface area contributed by atoms with E-state index in [-0.39, 0.29) is 0 Å². The summed E-state index contributed by atoms with van der Waals surface area (Å²) in [5, 5.41) is 0. The molecule has 1 unspecified atom stereocenters. The molecule has 2 aliphatic rings. The molecule has 82 valence electrons. The minimum Gasteiger partial charge on any atom is -0.329 e. The molecule has 2 saturated carbocycles. The van der Waals surface area contributed by atoms with Crippen LogP contribution in [0.5, 0.6) is 0 Å². The Balaban J connectivity index is 1.94. The topological polar surface area (TPSA) is 29.3 Å². The van der Waals surface area contributed by atoms with Gasteiger partial charge in [0.1, 0.15) is 0 Å². The van der Waals surface area contributed by atoms with Crippen LogP contribution in [0.3, 0.4) is 0 Å². The highest BCUT2D eigenvalue weighted by Gasteiger charge is 2.36. The maximum absolute atomic E-state index is 5.92. The van der Waals surface area contributed by atoms with Gasteiger partial charge in [-0.3, -0.25) is 4.90 Å². The van der Waals surface area contributed by atoms with Gasteiger partial charge < -0.3 is 5.73 Å². The van der Waals surface area contributed by atoms with Crippen molar-refractivity contribution in [2.24, 2.45) is 11.7 Å². The fourth-order valence-corrected chi connectivity index (χ4v) is 3.08. The largest absolute Gasteiger partial charge is 0.329 e. The van der Waals surface area contributed by atoms with Crippen molar-refractivity contribution in [3.05, 3.63) is 0 Å². The van der Waals surface area contributed by atoms with Gasteiger partial charge in [-0.25, -0.2) is 0 Å². The Kier molecular flexibility index (Phi) is 3.45. The maximum Gasteiger partial charge on any atom is 0.0249 e. The molecule has 0 aromatic heterocycles. The first-order chi connectivity index (χ1) is 6.86. The summed E-state index contributed by atoms with van der Waals surface area (Å²) in [5.74, 6) is 0.931. The Morgan fingerprint density at radius 1 is 1.21 bits per heavy atom. The quantitative estimate of drug-likeness (QED) is 0.728. The predicted octanol–water partition coefficient (Wildman–Crippen LogP) is 1.99. The van der Waals surface area contributed by atoms with E-state index < -0.39 is 0 Å². The first-order valence-electron chi connectivity index (χ1n) is 6.32. The van der Waals surface area contributed by atoms with E-state index in [0.717, 1.165) is 18.5 Å². The van der Waals surface area contributed by atoms with Crippen LogP contribution in [-0.4, -0.2) is 30.1 Å². The van der Waals surface area contributed by atoms with Crippen molar-refractivity contribution in [1.29, 1.82) is 0 Å². The lowest BCUT2D eigenvalue weighted by Gasteiger charge is -2.35. The Bertz CT molecular complexity index is 171. The molecule has 2 N–H and O–H groups in total. The van der Waals surface area contributed by atoms with Crippen molar-refractivity contribution >= 4 is 0 Å². The van der Waals surface area contributed by atoms with Gasteiger partial charge in [0.15, 0.2) is 0 Å². The third-order valence-electron chi connectivity index (χ3n) is 3.99. The van der Waals surface area contributed by atoms with Gasteiger partial charge in [0.2, 0.25) is 0 Å². The fourth-order valence-electron chi connectivity index (χ4n) is 3.08. The lowest BCUT2D eigenvalue weighted by molar-refractivity contribution is 0.131. The van der Waals surface area contributed by atoms with E-state index in [1.807, 2.05) is 0 Å². The molecular formula is C12H24N2. The van der Waals surface area contributed by atoms with Gasteiger partial charge >= 0.3 is 0 Å². The summed E-state index contributed by atoms with van der Waals surface area (Å²) in [6, 6.07) is 1.55. The molecule has 0 aliphatic heterocycles. The average Bonchev–Trinajstić information content (AvgIpc) is 2.90. The average molecular weight is 196 g/mol. The summed E-state index contributed by atoms with van der Waals surface area (Å²) >= 11 is 0. The predicted molar refractivity (Wildman–Crippen MR) is 60.2 cm³/mol. The van der Waals surface area contributed by atoms with E-state index in [1.165, 1.54) is 45.1 Å². The molecule has 0 bridgehead atoms. The molecule has 14 heavy (non-hydrogen) atoms. The third kappa shape index (κ3) is 2.12. The van der Waals surface area contributed by atoms with Crippen LogP contribution >= 0.6 is 0 Å². The number of rotatable bonds is 5. The Morgan fingerprint density at radius 2 is 1.86 bits per heavy atom. The van der Waals surface area contributed by atoms with Crippen molar-refractivity contribution in [3.8, 4) is 0 Å². The third-order valence-corrected chi connectivity index (χ3v) is 3.99. The highest BCUT2D eigenvalue weighted by molar-refractivity contribution is 4.92. The van der Waals surface area contributed by atoms with Crippen molar-refractivity contribution in [2.45, 2.75) is 57.5 Å². The molecule has 0 spiro atoms. The zero-order valence-corrected chi connectivity index (χ0v) is 9.41. The van der Waals surface area contributed by atoms with Crippen molar-refractivity contribution < 1.29 is 0 Å². The van der Waals surface area contributed by atoms with E-state index in [9.17, 15) is 0 Å². The van der Waals surface area contributed by atoms with E-state index in [0.29, 0.717) is 6.04 Å². The van der Waals surface area contributed by atoms with Crippen LogP contribution in [0, 0.1) is 5.92 Å². The smallest absolute Gasteiger partial charge is 0.0249 e. The summed E-state index contributed by atoms with van der Waals surface area (Å²) in [6.07, 6.45) is 8.54. The fraction of sp³-hybridized carbons (Fsp3) is 1.00. The molecule has 0 amide bonds. The lowest BCUT2D eigenvalue weighted by atomic mass is 10.1. The summed E-state index contributed by atoms with van der Waals surface area (Å²) < 4.78 is 0. The molecule has 0 aromatic rings. The number of hydrogen-bond donors (Lipinski definition) is 1. The number of hydrogen-bond acceptors (Lipinski definition) is 2. The number of likely N-dealkylation sites (N-methyl/N-ethyl adjacent to an activating group) is 1. The van der Waals surface area contributed by atoms with Gasteiger partial charge in [0, 0.05) is 18.6 Å². The Morgan fingerprint density at radius 3 is 2.29 bits per heavy atom. The zero-order chi connectivity index (χ0) is 9.97. The number of nitrogens with two attached hydrogens (primary N) is 1. The summed E-state index contributed by atoms with van der Waals surface area (Å²) in [5.41, 5.74) is 5.92. The van der Waals surface area contributed by atoms with Crippen LogP contribution in [0.15, 0.2) is 0 Å². The first-order valence-corrected chi connectivity index (χ1v) is 6.32. The number of nitrogens with zero attached hydrogens (tertiary/aromatic N) is 1. The van der Waals surface area contributed by atoms with Crippen LogP contribution in [-0.2, 0) is 0 Å². The van der Waals surface area contributed by atoms with Crippen LogP contribution in [0.2, 0.25) is 0 Å². The van der Waals surface area contributed by atoms with Crippen LogP contribution < -0.4 is 5.73 Å². The van der Waals surface area contributed by atoms with E-state index in [2.05, 4.69) is 11.8 Å². The maximum atomic E-state index is 5.92. The minimum atomic E-state index is 0.697. The highest BCUT2D eigenvalue weighted by atomic mass is 15.2. The molecule has 1 atom stereocenters. The van der Waals surface area contributed by atoms with Gasteiger partial charge in [0.25, 0.3) is 0 Å². The van der Waals surface area contributed by atoms with Crippen LogP contribution in [0.1, 0.15) is 45.4 Å². The second kappa shape index (κ2) is 4.63. The Labute approximate surface area is 87.8 Å². The molecule has 0 saturated heterocycles. The monoisotopic (exact) mass is 196 g/mol. The summed E-state index contributed by atoms with van der Waals surface area (Å²) in [4.78, 5) is 2.70. The summed E-state index contributed by atoms with van der Waals surface area (Å²) in [6.45, 7) is 4.36. The van der Waals surface area contributed by atoms with Crippen molar-refractivity contribution in [3.63, 3.8) is 0 Å². The second-order valence-corrected chi connectivity index (χ2v) is 4.91. The van der Waals surface area contributed by atoms with Gasteiger partial charge in [-0.2, -0.15) is 0 Å². The van der Waals surface area contributed by atoms with E-state index in [4.69, 9.17) is 5.73 Å². The SMILES string of the molecule is CCN(C1CCCC1)C(CN)C1CC1. The minimum absolute atomic E-state index is 0.697. The molecule has 0 heterocycles. The van der Waals surface area contributed by atoms with E-state index in [1.54, 1.807) is 0 Å². The Hall–Kier alpha value is -0.0800. The van der Waals surface area contributed by atoms with Gasteiger partial charge in [-0.05, 0) is 38.1 Å². The lowest BCUT2D eigenvalue weighted by Crippen LogP contribution is -2.47. The van der Waals surface area contributed by atoms with Crippen LogP contribution in [0.4, 0.5) is 0 Å². The van der Waals surface area contributed by atoms with Crippen molar-refractivity contribution in [1.82, 2.24) is 4.90 Å². The van der Waals surface area contributed by atoms with Gasteiger partial charge in [-0.1, -0.05) is 19.8 Å². The molecule has 2 fully saturated rings. The van der Waals surface area contributed by atoms with Gasteiger partial charge in [-0.15, -0.1) is 0 Å². The standard InChI is InChI=1S/C12H24N2/c1-2-14(11-5-3-4-6-11)12(9-13)10-7-8-10/h10-12H,2-9,13H2,1H3. The van der Waals surface area contributed by atoms with E-state index >= 15 is 0 Å². The molecule has 2 aliphatic carbocycles. The molecule has 0 aromatic carbocycles. The second-order valence-electron chi connectivity index (χ2n) is 4.91. The highest BCUT2D eigenvalue weighted by Crippen LogP contribution is 2.37. The molecule has 0 radical (unpaired) electrons.